The maximum Gasteiger partial charge on any atom is 0.0576 e. The van der Waals surface area contributed by atoms with E-state index < -0.39 is 0 Å². The van der Waals surface area contributed by atoms with Crippen LogP contribution in [0, 0.1) is 11.8 Å². The van der Waals surface area contributed by atoms with E-state index in [0.717, 1.165) is 18.4 Å². The summed E-state index contributed by atoms with van der Waals surface area (Å²) in [7, 11) is 0. The number of nitrogens with two attached hydrogens (primary N) is 1. The molecule has 1 saturated heterocycles. The maximum atomic E-state index is 6.59. The van der Waals surface area contributed by atoms with Gasteiger partial charge in [-0.25, -0.2) is 0 Å². The van der Waals surface area contributed by atoms with E-state index in [2.05, 4.69) is 0 Å². The molecule has 92 valence electrons. The third-order valence-corrected chi connectivity index (χ3v) is 5.22. The maximum absolute atomic E-state index is 6.59. The zero-order valence-corrected chi connectivity index (χ0v) is 10.3. The smallest absolute Gasteiger partial charge is 0.0576 e. The molecule has 1 heterocycles. The molecule has 0 spiro atoms. The molecular formula is C14H25NO. The third-order valence-electron chi connectivity index (χ3n) is 5.22. The highest BCUT2D eigenvalue weighted by Gasteiger charge is 2.47. The van der Waals surface area contributed by atoms with E-state index >= 15 is 0 Å². The largest absolute Gasteiger partial charge is 0.378 e. The van der Waals surface area contributed by atoms with Gasteiger partial charge in [-0.05, 0) is 63.2 Å². The Morgan fingerprint density at radius 1 is 1.25 bits per heavy atom. The van der Waals surface area contributed by atoms with E-state index in [4.69, 9.17) is 10.5 Å². The van der Waals surface area contributed by atoms with Gasteiger partial charge in [0.1, 0.15) is 0 Å². The van der Waals surface area contributed by atoms with Crippen molar-refractivity contribution in [3.05, 3.63) is 0 Å². The van der Waals surface area contributed by atoms with Crippen LogP contribution in [0.1, 0.15) is 57.8 Å². The lowest BCUT2D eigenvalue weighted by Gasteiger charge is -2.34. The first-order chi connectivity index (χ1) is 7.76. The molecule has 16 heavy (non-hydrogen) atoms. The Morgan fingerprint density at radius 3 is 2.81 bits per heavy atom. The van der Waals surface area contributed by atoms with Crippen molar-refractivity contribution >= 4 is 0 Å². The predicted molar refractivity (Wildman–Crippen MR) is 65.2 cm³/mol. The summed E-state index contributed by atoms with van der Waals surface area (Å²) in [5.41, 5.74) is 6.80. The first-order valence-corrected chi connectivity index (χ1v) is 7.17. The molecule has 4 atom stereocenters. The quantitative estimate of drug-likeness (QED) is 0.795. The molecule has 3 aliphatic rings. The lowest BCUT2D eigenvalue weighted by molar-refractivity contribution is 0.0983. The molecule has 0 aromatic rings. The van der Waals surface area contributed by atoms with Crippen LogP contribution in [0.2, 0.25) is 0 Å². The highest BCUT2D eigenvalue weighted by molar-refractivity contribution is 5.04. The summed E-state index contributed by atoms with van der Waals surface area (Å²) >= 11 is 0. The summed E-state index contributed by atoms with van der Waals surface area (Å²) in [5, 5.41) is 0. The van der Waals surface area contributed by atoms with Crippen LogP contribution in [-0.2, 0) is 4.74 Å². The van der Waals surface area contributed by atoms with Crippen molar-refractivity contribution in [2.45, 2.75) is 69.4 Å². The summed E-state index contributed by atoms with van der Waals surface area (Å²) < 4.78 is 5.67. The number of hydrogen-bond acceptors (Lipinski definition) is 2. The second-order valence-corrected chi connectivity index (χ2v) is 6.34. The number of hydrogen-bond donors (Lipinski definition) is 1. The minimum absolute atomic E-state index is 0.210. The van der Waals surface area contributed by atoms with Gasteiger partial charge in [0.05, 0.1) is 6.10 Å². The summed E-state index contributed by atoms with van der Waals surface area (Å²) in [6.45, 7) is 0.989. The molecule has 4 unspecified atom stereocenters. The Balaban J connectivity index is 1.44. The second kappa shape index (κ2) is 4.30. The normalized spacial score (nSPS) is 46.7. The van der Waals surface area contributed by atoms with Crippen molar-refractivity contribution in [1.82, 2.24) is 0 Å². The van der Waals surface area contributed by atoms with Crippen LogP contribution in [0.4, 0.5) is 0 Å². The number of rotatable bonds is 4. The zero-order valence-electron chi connectivity index (χ0n) is 10.3. The monoisotopic (exact) mass is 223 g/mol. The highest BCUT2D eigenvalue weighted by atomic mass is 16.5. The van der Waals surface area contributed by atoms with Gasteiger partial charge in [-0.3, -0.25) is 0 Å². The molecule has 0 aromatic carbocycles. The lowest BCUT2D eigenvalue weighted by Crippen LogP contribution is -2.44. The molecule has 0 radical (unpaired) electrons. The van der Waals surface area contributed by atoms with Crippen LogP contribution in [-0.4, -0.2) is 18.2 Å². The topological polar surface area (TPSA) is 35.2 Å². The zero-order chi connectivity index (χ0) is 11.0. The SMILES string of the molecule is NC1(CCCC2CCCO2)CC2CCC1C2. The van der Waals surface area contributed by atoms with Gasteiger partial charge in [-0.2, -0.15) is 0 Å². The molecular weight excluding hydrogens is 198 g/mol. The standard InChI is InChI=1S/C14H25NO/c15-14(10-11-5-6-12(14)9-11)7-1-3-13-4-2-8-16-13/h11-13H,1-10,15H2. The Morgan fingerprint density at radius 2 is 2.19 bits per heavy atom. The van der Waals surface area contributed by atoms with E-state index in [-0.39, 0.29) is 5.54 Å². The fraction of sp³-hybridized carbons (Fsp3) is 1.00. The van der Waals surface area contributed by atoms with Crippen molar-refractivity contribution < 1.29 is 4.74 Å². The molecule has 0 aromatic heterocycles. The lowest BCUT2D eigenvalue weighted by atomic mass is 9.78. The fourth-order valence-corrected chi connectivity index (χ4v) is 4.32. The Hall–Kier alpha value is -0.0800. The minimum atomic E-state index is 0.210. The predicted octanol–water partition coefficient (Wildman–Crippen LogP) is 2.85. The Bertz CT molecular complexity index is 249. The van der Waals surface area contributed by atoms with Crippen molar-refractivity contribution in [1.29, 1.82) is 0 Å². The van der Waals surface area contributed by atoms with Gasteiger partial charge in [-0.15, -0.1) is 0 Å². The number of fused-ring (bicyclic) bond motifs is 2. The van der Waals surface area contributed by atoms with Gasteiger partial charge in [0, 0.05) is 12.1 Å². The first-order valence-electron chi connectivity index (χ1n) is 7.17. The van der Waals surface area contributed by atoms with E-state index in [1.54, 1.807) is 0 Å². The van der Waals surface area contributed by atoms with Gasteiger partial charge >= 0.3 is 0 Å². The summed E-state index contributed by atoms with van der Waals surface area (Å²) in [6, 6.07) is 0. The van der Waals surface area contributed by atoms with Crippen LogP contribution in [0.15, 0.2) is 0 Å². The van der Waals surface area contributed by atoms with Gasteiger partial charge in [0.2, 0.25) is 0 Å². The van der Waals surface area contributed by atoms with Gasteiger partial charge in [-0.1, -0.05) is 6.42 Å². The molecule has 2 nitrogen and oxygen atoms in total. The molecule has 1 aliphatic heterocycles. The molecule has 2 N–H and O–H groups in total. The van der Waals surface area contributed by atoms with Crippen LogP contribution in [0.5, 0.6) is 0 Å². The third kappa shape index (κ3) is 2.02. The van der Waals surface area contributed by atoms with Crippen LogP contribution < -0.4 is 5.73 Å². The Labute approximate surface area is 98.9 Å². The number of ether oxygens (including phenoxy) is 1. The average molecular weight is 223 g/mol. The van der Waals surface area contributed by atoms with Crippen molar-refractivity contribution in [3.63, 3.8) is 0 Å². The van der Waals surface area contributed by atoms with E-state index in [0.29, 0.717) is 6.10 Å². The van der Waals surface area contributed by atoms with E-state index in [1.807, 2.05) is 0 Å². The Kier molecular flexibility index (Phi) is 2.97. The molecule has 3 rings (SSSR count). The van der Waals surface area contributed by atoms with Crippen molar-refractivity contribution in [3.8, 4) is 0 Å². The molecule has 2 saturated carbocycles. The molecule has 2 aliphatic carbocycles. The first kappa shape index (κ1) is 11.0. The minimum Gasteiger partial charge on any atom is -0.378 e. The molecule has 0 amide bonds. The van der Waals surface area contributed by atoms with Gasteiger partial charge < -0.3 is 10.5 Å². The van der Waals surface area contributed by atoms with E-state index in [9.17, 15) is 0 Å². The van der Waals surface area contributed by atoms with Gasteiger partial charge in [0.25, 0.3) is 0 Å². The molecule has 2 bridgehead atoms. The van der Waals surface area contributed by atoms with E-state index in [1.165, 1.54) is 57.8 Å². The summed E-state index contributed by atoms with van der Waals surface area (Å²) in [4.78, 5) is 0. The van der Waals surface area contributed by atoms with Crippen molar-refractivity contribution in [2.75, 3.05) is 6.61 Å². The van der Waals surface area contributed by atoms with Crippen LogP contribution >= 0.6 is 0 Å². The second-order valence-electron chi connectivity index (χ2n) is 6.34. The highest BCUT2D eigenvalue weighted by Crippen LogP contribution is 2.51. The van der Waals surface area contributed by atoms with Crippen LogP contribution in [0.25, 0.3) is 0 Å². The molecule has 3 fully saturated rings. The van der Waals surface area contributed by atoms with Crippen molar-refractivity contribution in [2.24, 2.45) is 17.6 Å². The fourth-order valence-electron chi connectivity index (χ4n) is 4.32. The summed E-state index contributed by atoms with van der Waals surface area (Å²) in [6.07, 6.45) is 12.5. The molecule has 2 heteroatoms. The average Bonchev–Trinajstić information content (AvgIpc) is 2.92. The van der Waals surface area contributed by atoms with Gasteiger partial charge in [0.15, 0.2) is 0 Å². The summed E-state index contributed by atoms with van der Waals surface area (Å²) in [5.74, 6) is 1.82. The van der Waals surface area contributed by atoms with Crippen LogP contribution in [0.3, 0.4) is 0 Å².